The Morgan fingerprint density at radius 2 is 2.25 bits per heavy atom. The first kappa shape index (κ1) is 9.23. The zero-order valence-corrected chi connectivity index (χ0v) is 7.11. The van der Waals surface area contributed by atoms with Gasteiger partial charge in [-0.25, -0.2) is 8.78 Å². The van der Waals surface area contributed by atoms with Gasteiger partial charge in [0.2, 0.25) is 5.92 Å². The first-order valence-corrected chi connectivity index (χ1v) is 4.07. The molecule has 0 saturated carbocycles. The molecule has 0 aliphatic heterocycles. The zero-order valence-electron chi connectivity index (χ0n) is 7.11. The Balaban J connectivity index is 2.20. The molecule has 0 amide bonds. The molecule has 0 fully saturated rings. The van der Waals surface area contributed by atoms with Gasteiger partial charge in [0.05, 0.1) is 0 Å². The van der Waals surface area contributed by atoms with Crippen LogP contribution in [0.15, 0.2) is 18.5 Å². The van der Waals surface area contributed by atoms with Crippen molar-refractivity contribution < 1.29 is 8.78 Å². The highest BCUT2D eigenvalue weighted by Crippen LogP contribution is 2.19. The van der Waals surface area contributed by atoms with Crippen molar-refractivity contribution in [3.63, 3.8) is 0 Å². The number of H-pyrrole nitrogens is 1. The maximum Gasteiger partial charge on any atom is 0.245 e. The van der Waals surface area contributed by atoms with Gasteiger partial charge in [-0.2, -0.15) is 0 Å². The molecular formula is C9H13F2N. The van der Waals surface area contributed by atoms with E-state index in [0.29, 0.717) is 6.42 Å². The molecule has 3 heteroatoms. The summed E-state index contributed by atoms with van der Waals surface area (Å²) < 4.78 is 24.7. The molecule has 1 nitrogen and oxygen atoms in total. The van der Waals surface area contributed by atoms with Crippen LogP contribution in [-0.4, -0.2) is 10.9 Å². The van der Waals surface area contributed by atoms with Gasteiger partial charge in [0.25, 0.3) is 0 Å². The molecule has 1 rings (SSSR count). The van der Waals surface area contributed by atoms with Gasteiger partial charge in [-0.1, -0.05) is 0 Å². The fourth-order valence-electron chi connectivity index (χ4n) is 1.12. The fraction of sp³-hybridized carbons (Fsp3) is 0.556. The Morgan fingerprint density at radius 1 is 1.50 bits per heavy atom. The Kier molecular flexibility index (Phi) is 2.84. The first-order valence-electron chi connectivity index (χ1n) is 4.07. The summed E-state index contributed by atoms with van der Waals surface area (Å²) in [5.74, 6) is -2.52. The summed E-state index contributed by atoms with van der Waals surface area (Å²) in [6.07, 6.45) is 4.89. The van der Waals surface area contributed by atoms with Crippen molar-refractivity contribution in [1.29, 1.82) is 0 Å². The molecule has 0 aliphatic carbocycles. The van der Waals surface area contributed by atoms with Crippen molar-refractivity contribution >= 4 is 0 Å². The molecule has 1 heterocycles. The number of aromatic amines is 1. The van der Waals surface area contributed by atoms with E-state index in [1.165, 1.54) is 0 Å². The Bertz CT molecular complexity index is 211. The van der Waals surface area contributed by atoms with Crippen molar-refractivity contribution in [2.24, 2.45) is 0 Å². The minimum absolute atomic E-state index is 0.0296. The molecule has 0 aromatic carbocycles. The van der Waals surface area contributed by atoms with Gasteiger partial charge in [0, 0.05) is 18.8 Å². The average molecular weight is 173 g/mol. The molecule has 0 aliphatic rings. The molecule has 0 saturated heterocycles. The molecule has 1 aromatic rings. The van der Waals surface area contributed by atoms with Crippen LogP contribution < -0.4 is 0 Å². The summed E-state index contributed by atoms with van der Waals surface area (Å²) in [7, 11) is 0. The van der Waals surface area contributed by atoms with Crippen LogP contribution in [0.5, 0.6) is 0 Å². The molecule has 1 N–H and O–H groups in total. The summed E-state index contributed by atoms with van der Waals surface area (Å²) in [6, 6.07) is 1.91. The van der Waals surface area contributed by atoms with Crippen molar-refractivity contribution in [3.8, 4) is 0 Å². The van der Waals surface area contributed by atoms with Crippen LogP contribution in [0.4, 0.5) is 8.78 Å². The number of aromatic nitrogens is 1. The molecule has 1 aromatic heterocycles. The maximum absolute atomic E-state index is 12.3. The molecule has 0 radical (unpaired) electrons. The van der Waals surface area contributed by atoms with Gasteiger partial charge >= 0.3 is 0 Å². The molecule has 0 unspecified atom stereocenters. The topological polar surface area (TPSA) is 15.8 Å². The highest BCUT2D eigenvalue weighted by atomic mass is 19.3. The van der Waals surface area contributed by atoms with Crippen molar-refractivity contribution in [1.82, 2.24) is 4.98 Å². The van der Waals surface area contributed by atoms with Crippen LogP contribution in [-0.2, 0) is 6.42 Å². The lowest BCUT2D eigenvalue weighted by molar-refractivity contribution is 0.0111. The zero-order chi connectivity index (χ0) is 9.03. The van der Waals surface area contributed by atoms with E-state index in [2.05, 4.69) is 4.98 Å². The molecule has 0 spiro atoms. The summed E-state index contributed by atoms with van der Waals surface area (Å²) >= 11 is 0. The third-order valence-corrected chi connectivity index (χ3v) is 1.74. The number of alkyl halides is 2. The van der Waals surface area contributed by atoms with E-state index in [1.54, 1.807) is 6.20 Å². The molecule has 12 heavy (non-hydrogen) atoms. The van der Waals surface area contributed by atoms with Gasteiger partial charge in [-0.15, -0.1) is 0 Å². The van der Waals surface area contributed by atoms with E-state index in [0.717, 1.165) is 18.9 Å². The van der Waals surface area contributed by atoms with E-state index in [1.807, 2.05) is 12.3 Å². The highest BCUT2D eigenvalue weighted by molar-refractivity contribution is 5.07. The number of halogens is 2. The monoisotopic (exact) mass is 173 g/mol. The van der Waals surface area contributed by atoms with Crippen LogP contribution in [0.2, 0.25) is 0 Å². The second-order valence-electron chi connectivity index (χ2n) is 3.14. The van der Waals surface area contributed by atoms with Gasteiger partial charge < -0.3 is 4.98 Å². The second kappa shape index (κ2) is 3.70. The predicted octanol–water partition coefficient (Wildman–Crippen LogP) is 2.99. The number of aryl methyl sites for hydroxylation is 1. The number of nitrogens with one attached hydrogen (secondary N) is 1. The van der Waals surface area contributed by atoms with Gasteiger partial charge in [0.15, 0.2) is 0 Å². The van der Waals surface area contributed by atoms with E-state index in [-0.39, 0.29) is 6.42 Å². The molecule has 0 atom stereocenters. The second-order valence-corrected chi connectivity index (χ2v) is 3.14. The fourth-order valence-corrected chi connectivity index (χ4v) is 1.12. The lowest BCUT2D eigenvalue weighted by atomic mass is 10.1. The van der Waals surface area contributed by atoms with Crippen LogP contribution in [0.3, 0.4) is 0 Å². The number of hydrogen-bond acceptors (Lipinski definition) is 0. The van der Waals surface area contributed by atoms with Gasteiger partial charge in [-0.05, 0) is 31.4 Å². The lowest BCUT2D eigenvalue weighted by Gasteiger charge is -2.08. The van der Waals surface area contributed by atoms with Crippen LogP contribution >= 0.6 is 0 Å². The lowest BCUT2D eigenvalue weighted by Crippen LogP contribution is -2.09. The third kappa shape index (κ3) is 3.51. The van der Waals surface area contributed by atoms with Crippen LogP contribution in [0.1, 0.15) is 25.3 Å². The van der Waals surface area contributed by atoms with Crippen LogP contribution in [0, 0.1) is 0 Å². The molecule has 68 valence electrons. The van der Waals surface area contributed by atoms with Crippen LogP contribution in [0.25, 0.3) is 0 Å². The minimum Gasteiger partial charge on any atom is -0.367 e. The van der Waals surface area contributed by atoms with Crippen molar-refractivity contribution in [2.75, 3.05) is 0 Å². The molecular weight excluding hydrogens is 160 g/mol. The summed E-state index contributed by atoms with van der Waals surface area (Å²) in [4.78, 5) is 2.89. The summed E-state index contributed by atoms with van der Waals surface area (Å²) in [5.41, 5.74) is 1.10. The van der Waals surface area contributed by atoms with Crippen molar-refractivity contribution in [2.45, 2.75) is 32.1 Å². The predicted molar refractivity (Wildman–Crippen MR) is 44.4 cm³/mol. The standard InChI is InChI=1S/C9H13F2N/c1-9(10,11)5-2-3-8-4-6-12-7-8/h4,6-7,12H,2-3,5H2,1H3. The third-order valence-electron chi connectivity index (χ3n) is 1.74. The quantitative estimate of drug-likeness (QED) is 0.720. The average Bonchev–Trinajstić information content (AvgIpc) is 2.36. The van der Waals surface area contributed by atoms with E-state index < -0.39 is 5.92 Å². The van der Waals surface area contributed by atoms with Gasteiger partial charge in [0.1, 0.15) is 0 Å². The molecule has 0 bridgehead atoms. The minimum atomic E-state index is -2.52. The smallest absolute Gasteiger partial charge is 0.245 e. The SMILES string of the molecule is CC(F)(F)CCCc1cc[nH]c1. The van der Waals surface area contributed by atoms with E-state index in [4.69, 9.17) is 0 Å². The maximum atomic E-state index is 12.3. The Hall–Kier alpha value is -0.860. The largest absolute Gasteiger partial charge is 0.367 e. The number of rotatable bonds is 4. The van der Waals surface area contributed by atoms with E-state index in [9.17, 15) is 8.78 Å². The summed E-state index contributed by atoms with van der Waals surface area (Å²) in [6.45, 7) is 0.962. The first-order chi connectivity index (χ1) is 5.58. The van der Waals surface area contributed by atoms with Gasteiger partial charge in [-0.3, -0.25) is 0 Å². The summed E-state index contributed by atoms with van der Waals surface area (Å²) in [5, 5.41) is 0. The Morgan fingerprint density at radius 3 is 2.75 bits per heavy atom. The van der Waals surface area contributed by atoms with Crippen molar-refractivity contribution in [3.05, 3.63) is 24.0 Å². The highest BCUT2D eigenvalue weighted by Gasteiger charge is 2.19. The normalized spacial score (nSPS) is 11.9. The number of hydrogen-bond donors (Lipinski definition) is 1. The van der Waals surface area contributed by atoms with E-state index >= 15 is 0 Å². The Labute approximate surface area is 70.8 Å².